The van der Waals surface area contributed by atoms with E-state index in [2.05, 4.69) is 5.10 Å². The summed E-state index contributed by atoms with van der Waals surface area (Å²) >= 11 is 0. The van der Waals surface area contributed by atoms with E-state index in [1.54, 1.807) is 6.07 Å². The fraction of sp³-hybridized carbons (Fsp3) is 0.533. The Morgan fingerprint density at radius 1 is 1.23 bits per heavy atom. The smallest absolute Gasteiger partial charge is 0.252 e. The maximum absolute atomic E-state index is 12.8. The summed E-state index contributed by atoms with van der Waals surface area (Å²) in [6.07, 6.45) is -0.593. The van der Waals surface area contributed by atoms with Crippen LogP contribution in [0, 0.1) is 13.8 Å². The maximum Gasteiger partial charge on any atom is 0.252 e. The fourth-order valence-corrected chi connectivity index (χ4v) is 2.22. The highest BCUT2D eigenvalue weighted by Gasteiger charge is 2.47. The molecule has 1 aromatic rings. The Hall–Kier alpha value is -1.89. The molecule has 0 spiro atoms. The van der Waals surface area contributed by atoms with Gasteiger partial charge in [-0.2, -0.15) is 0 Å². The van der Waals surface area contributed by atoms with Crippen LogP contribution >= 0.6 is 0 Å². The first-order valence-corrected chi connectivity index (χ1v) is 7.32. The predicted octanol–water partition coefficient (Wildman–Crippen LogP) is 2.51. The largest absolute Gasteiger partial charge is 0.398 e. The molecule has 0 unspecified atom stereocenters. The van der Waals surface area contributed by atoms with Crippen molar-refractivity contribution < 1.29 is 8.78 Å². The van der Waals surface area contributed by atoms with E-state index in [-0.39, 0.29) is 18.7 Å². The highest BCUT2D eigenvalue weighted by atomic mass is 19.3. The van der Waals surface area contributed by atoms with E-state index in [1.165, 1.54) is 0 Å². The zero-order valence-electron chi connectivity index (χ0n) is 13.5. The van der Waals surface area contributed by atoms with Crippen molar-refractivity contribution in [2.75, 3.05) is 5.73 Å². The molecule has 1 saturated carbocycles. The van der Waals surface area contributed by atoms with Gasteiger partial charge in [-0.1, -0.05) is 19.9 Å². The van der Waals surface area contributed by atoms with Crippen molar-refractivity contribution in [1.29, 1.82) is 0 Å². The van der Waals surface area contributed by atoms with Gasteiger partial charge in [-0.25, -0.2) is 19.7 Å². The Bertz CT molecular complexity index is 549. The number of alkyl halides is 2. The first-order chi connectivity index (χ1) is 10.2. The van der Waals surface area contributed by atoms with Gasteiger partial charge in [-0.05, 0) is 31.0 Å². The SMILES string of the molecule is CC.Cc1cc(C)c(/C(N)=N/N(N)C2CC(F)(F)C2)cc1N. The molecule has 1 aliphatic carbocycles. The molecule has 1 aliphatic rings. The van der Waals surface area contributed by atoms with Crippen molar-refractivity contribution in [3.05, 3.63) is 28.8 Å². The number of aryl methyl sites for hydroxylation is 2. The number of nitrogens with zero attached hydrogens (tertiary/aromatic N) is 2. The quantitative estimate of drug-likeness (QED) is 0.263. The molecule has 5 nitrogen and oxygen atoms in total. The molecule has 0 bridgehead atoms. The van der Waals surface area contributed by atoms with Crippen molar-refractivity contribution in [2.45, 2.75) is 52.5 Å². The first kappa shape index (κ1) is 18.2. The third-order valence-corrected chi connectivity index (χ3v) is 3.55. The van der Waals surface area contributed by atoms with E-state index in [0.717, 1.165) is 16.2 Å². The topological polar surface area (TPSA) is 93.7 Å². The van der Waals surface area contributed by atoms with Gasteiger partial charge in [0.2, 0.25) is 0 Å². The third-order valence-electron chi connectivity index (χ3n) is 3.55. The molecule has 0 atom stereocenters. The molecule has 7 heteroatoms. The van der Waals surface area contributed by atoms with Gasteiger partial charge >= 0.3 is 0 Å². The Balaban J connectivity index is 0.00000116. The number of nitrogens with two attached hydrogens (primary N) is 3. The summed E-state index contributed by atoms with van der Waals surface area (Å²) in [4.78, 5) is 0. The minimum absolute atomic E-state index is 0.173. The summed E-state index contributed by atoms with van der Waals surface area (Å²) in [5.41, 5.74) is 14.8. The minimum Gasteiger partial charge on any atom is -0.398 e. The van der Waals surface area contributed by atoms with Crippen LogP contribution in [0.1, 0.15) is 43.4 Å². The Labute approximate surface area is 130 Å². The van der Waals surface area contributed by atoms with Crippen LogP contribution in [-0.2, 0) is 0 Å². The van der Waals surface area contributed by atoms with Gasteiger partial charge in [0.25, 0.3) is 5.92 Å². The lowest BCUT2D eigenvalue weighted by molar-refractivity contribution is -0.124. The number of hydrogen-bond acceptors (Lipinski definition) is 4. The van der Waals surface area contributed by atoms with E-state index in [4.69, 9.17) is 17.3 Å². The summed E-state index contributed by atoms with van der Waals surface area (Å²) < 4.78 is 25.6. The average molecular weight is 313 g/mol. The second-order valence-electron chi connectivity index (χ2n) is 5.31. The number of nitrogen functional groups attached to an aromatic ring is 1. The van der Waals surface area contributed by atoms with Crippen LogP contribution in [0.3, 0.4) is 0 Å². The number of hydrazine groups is 1. The highest BCUT2D eigenvalue weighted by Crippen LogP contribution is 2.39. The maximum atomic E-state index is 12.8. The lowest BCUT2D eigenvalue weighted by Crippen LogP contribution is -2.52. The molecule has 0 aliphatic heterocycles. The molecule has 0 heterocycles. The molecule has 0 amide bonds. The van der Waals surface area contributed by atoms with Crippen LogP contribution in [0.4, 0.5) is 14.5 Å². The number of anilines is 1. The zero-order chi connectivity index (χ0) is 17.1. The summed E-state index contributed by atoms with van der Waals surface area (Å²) in [7, 11) is 0. The van der Waals surface area contributed by atoms with Crippen molar-refractivity contribution in [3.63, 3.8) is 0 Å². The van der Waals surface area contributed by atoms with Gasteiger partial charge in [0.05, 0.1) is 6.04 Å². The summed E-state index contributed by atoms with van der Waals surface area (Å²) in [6.45, 7) is 7.77. The summed E-state index contributed by atoms with van der Waals surface area (Å²) in [6, 6.07) is 3.13. The number of halogens is 2. The second kappa shape index (κ2) is 6.91. The van der Waals surface area contributed by atoms with Gasteiger partial charge in [-0.3, -0.25) is 0 Å². The van der Waals surface area contributed by atoms with Crippen molar-refractivity contribution >= 4 is 11.5 Å². The Morgan fingerprint density at radius 2 is 1.77 bits per heavy atom. The van der Waals surface area contributed by atoms with E-state index in [0.29, 0.717) is 11.3 Å². The standard InChI is InChI=1S/C13H19F2N5.C2H6/c1-7-3-8(2)11(16)4-10(7)12(17)19-20(18)9-5-13(14,15)6-9;1-2/h3-4,9H,5-6,16,18H2,1-2H3,(H2,17,19);1-2H3. The highest BCUT2D eigenvalue weighted by molar-refractivity contribution is 5.99. The molecular weight excluding hydrogens is 288 g/mol. The van der Waals surface area contributed by atoms with Crippen LogP contribution < -0.4 is 17.3 Å². The lowest BCUT2D eigenvalue weighted by Gasteiger charge is -2.38. The number of rotatable bonds is 3. The minimum atomic E-state index is -2.64. The molecule has 1 fully saturated rings. The normalized spacial score (nSPS) is 17.3. The molecule has 0 aromatic heterocycles. The van der Waals surface area contributed by atoms with Crippen LogP contribution in [0.25, 0.3) is 0 Å². The van der Waals surface area contributed by atoms with Gasteiger partial charge < -0.3 is 11.5 Å². The van der Waals surface area contributed by atoms with E-state index in [1.807, 2.05) is 33.8 Å². The van der Waals surface area contributed by atoms with E-state index >= 15 is 0 Å². The molecule has 22 heavy (non-hydrogen) atoms. The second-order valence-corrected chi connectivity index (χ2v) is 5.31. The van der Waals surface area contributed by atoms with Crippen LogP contribution in [0.15, 0.2) is 17.2 Å². The average Bonchev–Trinajstić information content (AvgIpc) is 2.42. The van der Waals surface area contributed by atoms with Gasteiger partial charge in [-0.15, -0.1) is 5.10 Å². The lowest BCUT2D eigenvalue weighted by atomic mass is 9.88. The van der Waals surface area contributed by atoms with Gasteiger partial charge in [0.1, 0.15) is 0 Å². The molecular formula is C15H25F2N5. The number of hydrazone groups is 1. The summed E-state index contributed by atoms with van der Waals surface area (Å²) in [5.74, 6) is 3.19. The van der Waals surface area contributed by atoms with E-state index < -0.39 is 12.0 Å². The first-order valence-electron chi connectivity index (χ1n) is 7.32. The van der Waals surface area contributed by atoms with Gasteiger partial charge in [0, 0.05) is 24.1 Å². The molecule has 2 rings (SSSR count). The molecule has 0 radical (unpaired) electrons. The van der Waals surface area contributed by atoms with Crippen molar-refractivity contribution in [2.24, 2.45) is 16.7 Å². The number of benzene rings is 1. The van der Waals surface area contributed by atoms with Crippen LogP contribution in [0.2, 0.25) is 0 Å². The Kier molecular flexibility index (Phi) is 5.71. The van der Waals surface area contributed by atoms with Gasteiger partial charge in [0.15, 0.2) is 5.84 Å². The van der Waals surface area contributed by atoms with Crippen molar-refractivity contribution in [3.8, 4) is 0 Å². The predicted molar refractivity (Wildman–Crippen MR) is 86.4 cm³/mol. The zero-order valence-corrected chi connectivity index (χ0v) is 13.5. The molecule has 0 saturated heterocycles. The fourth-order valence-electron chi connectivity index (χ4n) is 2.22. The van der Waals surface area contributed by atoms with Crippen molar-refractivity contribution in [1.82, 2.24) is 5.12 Å². The summed E-state index contributed by atoms with van der Waals surface area (Å²) in [5, 5.41) is 5.00. The molecule has 1 aromatic carbocycles. The third kappa shape index (κ3) is 4.07. The molecule has 124 valence electrons. The van der Waals surface area contributed by atoms with Crippen LogP contribution in [0.5, 0.6) is 0 Å². The van der Waals surface area contributed by atoms with E-state index in [9.17, 15) is 8.78 Å². The Morgan fingerprint density at radius 3 is 2.27 bits per heavy atom. The molecule has 6 N–H and O–H groups in total. The van der Waals surface area contributed by atoms with Crippen LogP contribution in [-0.4, -0.2) is 22.9 Å². The number of hydrogen-bond donors (Lipinski definition) is 3. The monoisotopic (exact) mass is 313 g/mol. The number of amidine groups is 1.